The molecule has 0 spiro atoms. The number of carbonyl (C=O) groups is 1. The number of ketones is 1. The number of para-hydroxylation sites is 1. The summed E-state index contributed by atoms with van der Waals surface area (Å²) in [7, 11) is 1.31. The van der Waals surface area contributed by atoms with Crippen LogP contribution in [-0.4, -0.2) is 19.5 Å². The Bertz CT molecular complexity index is 1040. The topological polar surface area (TPSA) is 57.9 Å². The average molecular weight is 414 g/mol. The van der Waals surface area contributed by atoms with Crippen LogP contribution in [0.25, 0.3) is 6.08 Å². The molecule has 0 N–H and O–H groups in total. The molecule has 2 aromatic carbocycles. The van der Waals surface area contributed by atoms with Gasteiger partial charge in [-0.2, -0.15) is 8.78 Å². The molecule has 0 aliphatic heterocycles. The van der Waals surface area contributed by atoms with Crippen molar-refractivity contribution in [3.8, 4) is 17.2 Å². The minimum atomic E-state index is -2.98. The summed E-state index contributed by atoms with van der Waals surface area (Å²) in [4.78, 5) is 12.4. The zero-order chi connectivity index (χ0) is 21.5. The monoisotopic (exact) mass is 414 g/mol. The summed E-state index contributed by atoms with van der Waals surface area (Å²) in [5.41, 5.74) is 1.29. The third-order valence-corrected chi connectivity index (χ3v) is 4.21. The van der Waals surface area contributed by atoms with Gasteiger partial charge in [0.1, 0.15) is 23.9 Å². The highest BCUT2D eigenvalue weighted by Crippen LogP contribution is 2.29. The quantitative estimate of drug-likeness (QED) is 0.333. The highest BCUT2D eigenvalue weighted by atomic mass is 19.3. The molecule has 7 heteroatoms. The molecule has 0 atom stereocenters. The van der Waals surface area contributed by atoms with Crippen molar-refractivity contribution in [2.24, 2.45) is 0 Å². The van der Waals surface area contributed by atoms with E-state index in [-0.39, 0.29) is 29.5 Å². The second kappa shape index (κ2) is 9.73. The Balaban J connectivity index is 1.63. The number of aryl methyl sites for hydroxylation is 1. The number of allylic oxidation sites excluding steroid dienone is 1. The highest BCUT2D eigenvalue weighted by Gasteiger charge is 2.13. The lowest BCUT2D eigenvalue weighted by Crippen LogP contribution is -2.04. The molecule has 3 rings (SSSR count). The van der Waals surface area contributed by atoms with E-state index in [1.54, 1.807) is 12.1 Å². The fraction of sp³-hybridized carbons (Fsp3) is 0.174. The van der Waals surface area contributed by atoms with E-state index >= 15 is 0 Å². The predicted molar refractivity (Wildman–Crippen MR) is 107 cm³/mol. The molecule has 0 unspecified atom stereocenters. The van der Waals surface area contributed by atoms with Crippen molar-refractivity contribution in [1.29, 1.82) is 0 Å². The van der Waals surface area contributed by atoms with Gasteiger partial charge in [-0.3, -0.25) is 4.79 Å². The van der Waals surface area contributed by atoms with Gasteiger partial charge in [0.15, 0.2) is 17.3 Å². The van der Waals surface area contributed by atoms with Crippen molar-refractivity contribution in [3.63, 3.8) is 0 Å². The summed E-state index contributed by atoms with van der Waals surface area (Å²) >= 11 is 0. The first-order valence-electron chi connectivity index (χ1n) is 9.08. The fourth-order valence-corrected chi connectivity index (χ4v) is 2.70. The number of hydrogen-bond donors (Lipinski definition) is 0. The average Bonchev–Trinajstić information content (AvgIpc) is 3.19. The summed E-state index contributed by atoms with van der Waals surface area (Å²) < 4.78 is 45.5. The number of alkyl halides is 2. The second-order valence-corrected chi connectivity index (χ2v) is 6.30. The Morgan fingerprint density at radius 1 is 1.07 bits per heavy atom. The number of furan rings is 1. The predicted octanol–water partition coefficient (Wildman–Crippen LogP) is 5.67. The normalized spacial score (nSPS) is 11.1. The van der Waals surface area contributed by atoms with Crippen molar-refractivity contribution < 1.29 is 32.2 Å². The first-order chi connectivity index (χ1) is 14.5. The van der Waals surface area contributed by atoms with Gasteiger partial charge in [0.2, 0.25) is 0 Å². The third kappa shape index (κ3) is 5.47. The first-order valence-corrected chi connectivity index (χ1v) is 9.08. The molecule has 5 nitrogen and oxygen atoms in total. The van der Waals surface area contributed by atoms with E-state index in [4.69, 9.17) is 13.9 Å². The standard InChI is InChI=1S/C23H20F2O5/c1-15-5-3-4-6-20(15)28-14-18-9-8-17(29-18)10-11-19(26)16-7-12-21(30-23(24)25)22(13-16)27-2/h3-13,23H,14H2,1-2H3/b11-10+. The lowest BCUT2D eigenvalue weighted by atomic mass is 10.1. The van der Waals surface area contributed by atoms with Gasteiger partial charge in [0.25, 0.3) is 0 Å². The molecule has 3 aromatic rings. The minimum Gasteiger partial charge on any atom is -0.493 e. The maximum Gasteiger partial charge on any atom is 0.387 e. The molecule has 0 bridgehead atoms. The van der Waals surface area contributed by atoms with Crippen LogP contribution in [0.15, 0.2) is 65.1 Å². The number of ether oxygens (including phenoxy) is 3. The van der Waals surface area contributed by atoms with Gasteiger partial charge in [-0.1, -0.05) is 18.2 Å². The largest absolute Gasteiger partial charge is 0.493 e. The van der Waals surface area contributed by atoms with E-state index in [1.165, 1.54) is 37.5 Å². The maximum atomic E-state index is 12.4. The maximum absolute atomic E-state index is 12.4. The van der Waals surface area contributed by atoms with Gasteiger partial charge in [-0.15, -0.1) is 0 Å². The van der Waals surface area contributed by atoms with Crippen LogP contribution in [0.3, 0.4) is 0 Å². The van der Waals surface area contributed by atoms with Crippen LogP contribution in [0.2, 0.25) is 0 Å². The van der Waals surface area contributed by atoms with Crippen molar-refractivity contribution in [2.75, 3.05) is 7.11 Å². The Kier molecular flexibility index (Phi) is 6.85. The summed E-state index contributed by atoms with van der Waals surface area (Å²) in [5, 5.41) is 0. The van der Waals surface area contributed by atoms with Crippen LogP contribution in [0, 0.1) is 6.92 Å². The number of benzene rings is 2. The second-order valence-electron chi connectivity index (χ2n) is 6.30. The van der Waals surface area contributed by atoms with Gasteiger partial charge < -0.3 is 18.6 Å². The number of rotatable bonds is 9. The van der Waals surface area contributed by atoms with E-state index in [2.05, 4.69) is 4.74 Å². The van der Waals surface area contributed by atoms with Gasteiger partial charge in [-0.25, -0.2) is 0 Å². The molecular weight excluding hydrogens is 394 g/mol. The van der Waals surface area contributed by atoms with Crippen molar-refractivity contribution >= 4 is 11.9 Å². The molecule has 30 heavy (non-hydrogen) atoms. The Morgan fingerprint density at radius 2 is 1.87 bits per heavy atom. The molecule has 0 radical (unpaired) electrons. The zero-order valence-electron chi connectivity index (χ0n) is 16.4. The van der Waals surface area contributed by atoms with Crippen molar-refractivity contribution in [2.45, 2.75) is 20.1 Å². The molecule has 1 aromatic heterocycles. The molecular formula is C23H20F2O5. The summed E-state index contributed by atoms with van der Waals surface area (Å²) in [6.45, 7) is -0.767. The van der Waals surface area contributed by atoms with Gasteiger partial charge >= 0.3 is 6.61 Å². The molecule has 156 valence electrons. The summed E-state index contributed by atoms with van der Waals surface area (Å²) in [6.07, 6.45) is 2.85. The van der Waals surface area contributed by atoms with Gasteiger partial charge in [-0.05, 0) is 61.0 Å². The molecule has 0 fully saturated rings. The van der Waals surface area contributed by atoms with Crippen LogP contribution in [0.5, 0.6) is 17.2 Å². The molecule has 0 saturated heterocycles. The minimum absolute atomic E-state index is 0.0446. The number of hydrogen-bond acceptors (Lipinski definition) is 5. The van der Waals surface area contributed by atoms with Crippen molar-refractivity contribution in [3.05, 3.63) is 83.3 Å². The van der Waals surface area contributed by atoms with E-state index in [0.717, 1.165) is 11.3 Å². The van der Waals surface area contributed by atoms with Crippen LogP contribution >= 0.6 is 0 Å². The Hall–Kier alpha value is -3.61. The van der Waals surface area contributed by atoms with E-state index in [1.807, 2.05) is 31.2 Å². The molecule has 0 amide bonds. The van der Waals surface area contributed by atoms with Crippen LogP contribution in [-0.2, 0) is 6.61 Å². The van der Waals surface area contributed by atoms with Crippen LogP contribution in [0.4, 0.5) is 8.78 Å². The fourth-order valence-electron chi connectivity index (χ4n) is 2.70. The van der Waals surface area contributed by atoms with Crippen molar-refractivity contribution in [1.82, 2.24) is 0 Å². The third-order valence-electron chi connectivity index (χ3n) is 4.21. The SMILES string of the molecule is COc1cc(C(=O)/C=C/c2ccc(COc3ccccc3C)o2)ccc1OC(F)F. The number of halogens is 2. The Morgan fingerprint density at radius 3 is 2.60 bits per heavy atom. The van der Waals surface area contributed by atoms with Crippen LogP contribution in [0.1, 0.15) is 27.4 Å². The highest BCUT2D eigenvalue weighted by molar-refractivity contribution is 6.07. The lowest BCUT2D eigenvalue weighted by Gasteiger charge is -2.10. The number of carbonyl (C=O) groups excluding carboxylic acids is 1. The molecule has 0 saturated carbocycles. The van der Waals surface area contributed by atoms with E-state index in [9.17, 15) is 13.6 Å². The summed E-state index contributed by atoms with van der Waals surface area (Å²) in [5.74, 6) is 1.43. The number of methoxy groups -OCH3 is 1. The zero-order valence-corrected chi connectivity index (χ0v) is 16.4. The van der Waals surface area contributed by atoms with Gasteiger partial charge in [0, 0.05) is 5.56 Å². The summed E-state index contributed by atoms with van der Waals surface area (Å²) in [6, 6.07) is 15.1. The Labute approximate surface area is 172 Å². The lowest BCUT2D eigenvalue weighted by molar-refractivity contribution is -0.0512. The van der Waals surface area contributed by atoms with E-state index < -0.39 is 6.61 Å². The smallest absolute Gasteiger partial charge is 0.387 e. The van der Waals surface area contributed by atoms with E-state index in [0.29, 0.717) is 11.5 Å². The molecule has 0 aliphatic carbocycles. The first kappa shape index (κ1) is 21.1. The molecule has 1 heterocycles. The molecule has 0 aliphatic rings. The van der Waals surface area contributed by atoms with Gasteiger partial charge in [0.05, 0.1) is 7.11 Å². The van der Waals surface area contributed by atoms with Crippen LogP contribution < -0.4 is 14.2 Å².